The van der Waals surface area contributed by atoms with Crippen LogP contribution in [0.2, 0.25) is 0 Å². The molecule has 1 aromatic carbocycles. The van der Waals surface area contributed by atoms with Crippen molar-refractivity contribution in [2.75, 3.05) is 7.05 Å². The third kappa shape index (κ3) is 3.10. The first-order valence-electron chi connectivity index (χ1n) is 6.88. The fourth-order valence-corrected chi connectivity index (χ4v) is 2.21. The van der Waals surface area contributed by atoms with Crippen LogP contribution in [0.1, 0.15) is 22.1 Å². The van der Waals surface area contributed by atoms with Crippen molar-refractivity contribution in [3.05, 3.63) is 53.6 Å². The highest BCUT2D eigenvalue weighted by Gasteiger charge is 2.20. The monoisotopic (exact) mass is 315 g/mol. The topological polar surface area (TPSA) is 87.9 Å². The Morgan fingerprint density at radius 1 is 1.43 bits per heavy atom. The molecule has 118 valence electrons. The molecule has 23 heavy (non-hydrogen) atoms. The molecule has 8 heteroatoms. The van der Waals surface area contributed by atoms with Crippen LogP contribution in [0, 0.1) is 12.7 Å². The van der Waals surface area contributed by atoms with Gasteiger partial charge < -0.3 is 9.42 Å². The first kappa shape index (κ1) is 14.9. The number of aromatic nitrogens is 4. The van der Waals surface area contributed by atoms with Gasteiger partial charge in [0.1, 0.15) is 5.82 Å². The van der Waals surface area contributed by atoms with E-state index in [1.165, 1.54) is 23.2 Å². The van der Waals surface area contributed by atoms with E-state index in [9.17, 15) is 9.18 Å². The lowest BCUT2D eigenvalue weighted by Gasteiger charge is -2.15. The van der Waals surface area contributed by atoms with Gasteiger partial charge in [0.25, 0.3) is 5.91 Å². The maximum Gasteiger partial charge on any atom is 0.257 e. The number of benzene rings is 1. The van der Waals surface area contributed by atoms with Crippen LogP contribution in [0.3, 0.4) is 0 Å². The molecule has 0 fully saturated rings. The van der Waals surface area contributed by atoms with Gasteiger partial charge in [-0.2, -0.15) is 10.1 Å². The van der Waals surface area contributed by atoms with Gasteiger partial charge in [-0.1, -0.05) is 17.3 Å². The lowest BCUT2D eigenvalue weighted by atomic mass is 10.1. The zero-order valence-corrected chi connectivity index (χ0v) is 12.6. The molecule has 3 aromatic rings. The molecule has 0 saturated carbocycles. The van der Waals surface area contributed by atoms with Gasteiger partial charge in [0.15, 0.2) is 5.82 Å². The first-order valence-corrected chi connectivity index (χ1v) is 6.88. The maximum absolute atomic E-state index is 13.4. The minimum Gasteiger partial charge on any atom is -0.340 e. The standard InChI is InChI=1S/C15H14FN5O2/c1-9-18-13(20-23-9)8-21(2)15(22)12-7-17-19-14(12)10-4-3-5-11(16)6-10/h3-7H,8H2,1-2H3,(H,17,19). The van der Waals surface area contributed by atoms with Crippen molar-refractivity contribution >= 4 is 5.91 Å². The van der Waals surface area contributed by atoms with Crippen LogP contribution >= 0.6 is 0 Å². The third-order valence-electron chi connectivity index (χ3n) is 3.28. The average Bonchev–Trinajstić information content (AvgIpc) is 3.15. The van der Waals surface area contributed by atoms with Crippen LogP contribution in [0.5, 0.6) is 0 Å². The SMILES string of the molecule is Cc1nc(CN(C)C(=O)c2cn[nH]c2-c2cccc(F)c2)no1. The molecule has 2 aromatic heterocycles. The summed E-state index contributed by atoms with van der Waals surface area (Å²) in [5, 5.41) is 10.4. The summed E-state index contributed by atoms with van der Waals surface area (Å²) < 4.78 is 18.3. The van der Waals surface area contributed by atoms with Gasteiger partial charge in [0.05, 0.1) is 24.0 Å². The average molecular weight is 315 g/mol. The Hall–Kier alpha value is -3.03. The molecule has 0 aliphatic rings. The number of carbonyl (C=O) groups excluding carboxylic acids is 1. The fraction of sp³-hybridized carbons (Fsp3) is 0.200. The molecule has 7 nitrogen and oxygen atoms in total. The summed E-state index contributed by atoms with van der Waals surface area (Å²) in [6.45, 7) is 1.88. The van der Waals surface area contributed by atoms with E-state index < -0.39 is 0 Å². The molecular formula is C15H14FN5O2. The zero-order chi connectivity index (χ0) is 16.4. The van der Waals surface area contributed by atoms with Gasteiger partial charge in [0.2, 0.25) is 5.89 Å². The number of aryl methyl sites for hydroxylation is 1. The van der Waals surface area contributed by atoms with Gasteiger partial charge in [-0.3, -0.25) is 9.89 Å². The summed E-state index contributed by atoms with van der Waals surface area (Å²) in [7, 11) is 1.62. The van der Waals surface area contributed by atoms with Crippen LogP contribution < -0.4 is 0 Å². The van der Waals surface area contributed by atoms with Crippen molar-refractivity contribution in [1.29, 1.82) is 0 Å². The lowest BCUT2D eigenvalue weighted by Crippen LogP contribution is -2.26. The van der Waals surface area contributed by atoms with Gasteiger partial charge in [-0.25, -0.2) is 4.39 Å². The molecule has 0 atom stereocenters. The first-order chi connectivity index (χ1) is 11.0. The Labute approximate surface area is 131 Å². The van der Waals surface area contributed by atoms with Crippen molar-refractivity contribution < 1.29 is 13.7 Å². The van der Waals surface area contributed by atoms with Gasteiger partial charge in [-0.05, 0) is 12.1 Å². The van der Waals surface area contributed by atoms with Crippen molar-refractivity contribution in [1.82, 2.24) is 25.2 Å². The largest absolute Gasteiger partial charge is 0.340 e. The lowest BCUT2D eigenvalue weighted by molar-refractivity contribution is 0.0781. The zero-order valence-electron chi connectivity index (χ0n) is 12.6. The molecule has 0 aliphatic carbocycles. The van der Waals surface area contributed by atoms with E-state index in [0.717, 1.165) is 0 Å². The Morgan fingerprint density at radius 2 is 2.26 bits per heavy atom. The predicted octanol–water partition coefficient (Wildman–Crippen LogP) is 2.18. The smallest absolute Gasteiger partial charge is 0.257 e. The Morgan fingerprint density at radius 3 is 2.96 bits per heavy atom. The van der Waals surface area contributed by atoms with Crippen molar-refractivity contribution in [2.45, 2.75) is 13.5 Å². The van der Waals surface area contributed by atoms with Gasteiger partial charge in [-0.15, -0.1) is 0 Å². The highest BCUT2D eigenvalue weighted by atomic mass is 19.1. The number of nitrogens with zero attached hydrogens (tertiary/aromatic N) is 4. The summed E-state index contributed by atoms with van der Waals surface area (Å²) in [5.74, 6) is 0.186. The second kappa shape index (κ2) is 5.99. The van der Waals surface area contributed by atoms with E-state index in [2.05, 4.69) is 20.3 Å². The van der Waals surface area contributed by atoms with E-state index in [1.807, 2.05) is 0 Å². The molecule has 0 unspecified atom stereocenters. The highest BCUT2D eigenvalue weighted by molar-refractivity contribution is 5.99. The van der Waals surface area contributed by atoms with Crippen LogP contribution in [0.15, 0.2) is 35.0 Å². The quantitative estimate of drug-likeness (QED) is 0.797. The van der Waals surface area contributed by atoms with Gasteiger partial charge in [0, 0.05) is 19.5 Å². The summed E-state index contributed by atoms with van der Waals surface area (Å²) in [4.78, 5) is 18.1. The van der Waals surface area contributed by atoms with Crippen LogP contribution in [0.25, 0.3) is 11.3 Å². The molecule has 1 amide bonds. The number of nitrogens with one attached hydrogen (secondary N) is 1. The molecule has 3 rings (SSSR count). The Balaban J connectivity index is 1.84. The molecule has 0 radical (unpaired) electrons. The molecule has 0 bridgehead atoms. The van der Waals surface area contributed by atoms with Crippen molar-refractivity contribution in [3.63, 3.8) is 0 Å². The van der Waals surface area contributed by atoms with Crippen molar-refractivity contribution in [3.8, 4) is 11.3 Å². The number of aromatic amines is 1. The van der Waals surface area contributed by atoms with E-state index in [1.54, 1.807) is 26.1 Å². The fourth-order valence-electron chi connectivity index (χ4n) is 2.21. The second-order valence-corrected chi connectivity index (χ2v) is 5.06. The molecule has 0 aliphatic heterocycles. The summed E-state index contributed by atoms with van der Waals surface area (Å²) in [6.07, 6.45) is 1.42. The maximum atomic E-state index is 13.4. The normalized spacial score (nSPS) is 10.7. The minimum atomic E-state index is -0.383. The number of carbonyl (C=O) groups is 1. The van der Waals surface area contributed by atoms with Crippen LogP contribution in [-0.2, 0) is 6.54 Å². The number of halogens is 1. The minimum absolute atomic E-state index is 0.198. The number of hydrogen-bond acceptors (Lipinski definition) is 5. The number of amides is 1. The molecule has 2 heterocycles. The Bertz CT molecular complexity index is 842. The van der Waals surface area contributed by atoms with E-state index in [-0.39, 0.29) is 18.3 Å². The number of hydrogen-bond donors (Lipinski definition) is 1. The molecule has 0 spiro atoms. The van der Waals surface area contributed by atoms with E-state index >= 15 is 0 Å². The number of rotatable bonds is 4. The second-order valence-electron chi connectivity index (χ2n) is 5.06. The number of H-pyrrole nitrogens is 1. The molecule has 1 N–H and O–H groups in total. The Kier molecular flexibility index (Phi) is 3.88. The summed E-state index contributed by atoms with van der Waals surface area (Å²) in [5.41, 5.74) is 1.36. The predicted molar refractivity (Wildman–Crippen MR) is 78.8 cm³/mol. The van der Waals surface area contributed by atoms with Crippen molar-refractivity contribution in [2.24, 2.45) is 0 Å². The van der Waals surface area contributed by atoms with E-state index in [0.29, 0.717) is 28.5 Å². The third-order valence-corrected chi connectivity index (χ3v) is 3.28. The highest BCUT2D eigenvalue weighted by Crippen LogP contribution is 2.23. The van der Waals surface area contributed by atoms with Crippen LogP contribution in [0.4, 0.5) is 4.39 Å². The summed E-state index contributed by atoms with van der Waals surface area (Å²) >= 11 is 0. The van der Waals surface area contributed by atoms with Crippen LogP contribution in [-0.4, -0.2) is 38.2 Å². The van der Waals surface area contributed by atoms with E-state index in [4.69, 9.17) is 4.52 Å². The molecule has 0 saturated heterocycles. The van der Waals surface area contributed by atoms with Gasteiger partial charge >= 0.3 is 0 Å². The molecular weight excluding hydrogens is 301 g/mol. The summed E-state index contributed by atoms with van der Waals surface area (Å²) in [6, 6.07) is 5.96.